The summed E-state index contributed by atoms with van der Waals surface area (Å²) >= 11 is 1.49. The van der Waals surface area contributed by atoms with Crippen LogP contribution in [0.3, 0.4) is 0 Å². The van der Waals surface area contributed by atoms with Gasteiger partial charge < -0.3 is 0 Å². The summed E-state index contributed by atoms with van der Waals surface area (Å²) in [5.74, 6) is 0.716. The number of sulfonamides is 1. The largest absolute Gasteiger partial charge is 0.276 e. The summed E-state index contributed by atoms with van der Waals surface area (Å²) in [5.41, 5.74) is 1.65. The predicted octanol–water partition coefficient (Wildman–Crippen LogP) is 2.43. The highest BCUT2D eigenvalue weighted by Crippen LogP contribution is 2.22. The highest BCUT2D eigenvalue weighted by Gasteiger charge is 2.22. The molecule has 2 rings (SSSR count). The van der Waals surface area contributed by atoms with Crippen molar-refractivity contribution >= 4 is 27.4 Å². The maximum atomic E-state index is 12.6. The number of rotatable bonds is 7. The van der Waals surface area contributed by atoms with E-state index >= 15 is 0 Å². The van der Waals surface area contributed by atoms with Gasteiger partial charge in [-0.15, -0.1) is 10.2 Å². The number of nitrogens with zero attached hydrogens (tertiary/aromatic N) is 4. The van der Waals surface area contributed by atoms with E-state index in [4.69, 9.17) is 0 Å². The molecule has 0 saturated carbocycles. The zero-order chi connectivity index (χ0) is 16.3. The quantitative estimate of drug-likeness (QED) is 0.572. The highest BCUT2D eigenvalue weighted by molar-refractivity contribution is 7.99. The molecule has 2 heterocycles. The van der Waals surface area contributed by atoms with Gasteiger partial charge in [0.1, 0.15) is 0 Å². The Balaban J connectivity index is 2.45. The second-order valence-corrected chi connectivity index (χ2v) is 7.79. The Bertz CT molecular complexity index is 779. The van der Waals surface area contributed by atoms with Gasteiger partial charge in [0.05, 0.1) is 4.90 Å². The van der Waals surface area contributed by atoms with E-state index in [1.165, 1.54) is 16.1 Å². The first-order valence-corrected chi connectivity index (χ1v) is 9.44. The first-order valence-electron chi connectivity index (χ1n) is 7.02. The van der Waals surface area contributed by atoms with E-state index < -0.39 is 10.0 Å². The molecular weight excluding hydrogens is 320 g/mol. The Kier molecular flexibility index (Phi) is 5.25. The van der Waals surface area contributed by atoms with E-state index in [9.17, 15) is 8.42 Å². The van der Waals surface area contributed by atoms with Crippen LogP contribution in [0.15, 0.2) is 40.5 Å². The molecule has 0 aliphatic rings. The number of hydrogen-bond donors (Lipinski definition) is 0. The molecule has 120 valence electrons. The number of hydrogen-bond acceptors (Lipinski definition) is 5. The molecule has 0 aliphatic carbocycles. The van der Waals surface area contributed by atoms with Crippen molar-refractivity contribution in [2.75, 3.05) is 18.8 Å². The zero-order valence-corrected chi connectivity index (χ0v) is 14.6. The Labute approximate surface area is 135 Å². The van der Waals surface area contributed by atoms with Crippen molar-refractivity contribution in [2.45, 2.75) is 30.8 Å². The van der Waals surface area contributed by atoms with Crippen LogP contribution in [-0.4, -0.2) is 46.2 Å². The van der Waals surface area contributed by atoms with E-state index in [1.54, 1.807) is 22.7 Å². The number of fused-ring (bicyclic) bond motifs is 1. The van der Waals surface area contributed by atoms with Crippen molar-refractivity contribution in [2.24, 2.45) is 0 Å². The third-order valence-electron chi connectivity index (χ3n) is 3.13. The predicted molar refractivity (Wildman–Crippen MR) is 88.6 cm³/mol. The molecule has 22 heavy (non-hydrogen) atoms. The monoisotopic (exact) mass is 340 g/mol. The summed E-state index contributed by atoms with van der Waals surface area (Å²) in [4.78, 5) is 0.251. The Morgan fingerprint density at radius 2 is 2.00 bits per heavy atom. The molecule has 0 amide bonds. The van der Waals surface area contributed by atoms with E-state index in [0.717, 1.165) is 5.57 Å². The molecule has 0 unspecified atom stereocenters. The van der Waals surface area contributed by atoms with Crippen LogP contribution in [0.2, 0.25) is 0 Å². The molecule has 0 bridgehead atoms. The van der Waals surface area contributed by atoms with Gasteiger partial charge in [0.15, 0.2) is 10.8 Å². The SMILES string of the molecule is C=C(C)CSc1nnc2ccc(S(=O)(=O)N(CC)CC)cn12. The van der Waals surface area contributed by atoms with E-state index in [-0.39, 0.29) is 4.90 Å². The summed E-state index contributed by atoms with van der Waals surface area (Å²) in [6.45, 7) is 10.3. The maximum Gasteiger partial charge on any atom is 0.244 e. The van der Waals surface area contributed by atoms with Crippen LogP contribution < -0.4 is 0 Å². The highest BCUT2D eigenvalue weighted by atomic mass is 32.2. The number of thioether (sulfide) groups is 1. The van der Waals surface area contributed by atoms with Crippen LogP contribution in [0.25, 0.3) is 5.65 Å². The fourth-order valence-electron chi connectivity index (χ4n) is 2.00. The van der Waals surface area contributed by atoms with Gasteiger partial charge in [-0.05, 0) is 19.1 Å². The lowest BCUT2D eigenvalue weighted by molar-refractivity contribution is 0.445. The average Bonchev–Trinajstić information content (AvgIpc) is 2.88. The van der Waals surface area contributed by atoms with Gasteiger partial charge in [-0.3, -0.25) is 4.40 Å². The third-order valence-corrected chi connectivity index (χ3v) is 6.34. The van der Waals surface area contributed by atoms with Crippen LogP contribution in [0.4, 0.5) is 0 Å². The zero-order valence-electron chi connectivity index (χ0n) is 13.0. The van der Waals surface area contributed by atoms with Crippen LogP contribution in [0.5, 0.6) is 0 Å². The molecular formula is C14H20N4O2S2. The Morgan fingerprint density at radius 3 is 2.59 bits per heavy atom. The molecule has 8 heteroatoms. The van der Waals surface area contributed by atoms with Gasteiger partial charge in [0, 0.05) is 25.0 Å². The van der Waals surface area contributed by atoms with Gasteiger partial charge in [0.25, 0.3) is 0 Å². The first-order chi connectivity index (χ1) is 10.4. The van der Waals surface area contributed by atoms with Crippen molar-refractivity contribution in [1.29, 1.82) is 0 Å². The van der Waals surface area contributed by atoms with Gasteiger partial charge in [-0.2, -0.15) is 4.31 Å². The lowest BCUT2D eigenvalue weighted by atomic mass is 10.4. The van der Waals surface area contributed by atoms with Crippen LogP contribution in [0, 0.1) is 0 Å². The van der Waals surface area contributed by atoms with Crippen molar-refractivity contribution in [3.05, 3.63) is 30.5 Å². The summed E-state index contributed by atoms with van der Waals surface area (Å²) in [6, 6.07) is 3.25. The van der Waals surface area contributed by atoms with E-state index in [0.29, 0.717) is 29.6 Å². The summed E-state index contributed by atoms with van der Waals surface area (Å²) < 4.78 is 28.3. The van der Waals surface area contributed by atoms with Gasteiger partial charge in [-0.1, -0.05) is 37.8 Å². The summed E-state index contributed by atoms with van der Waals surface area (Å²) in [6.07, 6.45) is 1.59. The molecule has 2 aromatic heterocycles. The fraction of sp³-hybridized carbons (Fsp3) is 0.429. The van der Waals surface area contributed by atoms with Crippen LogP contribution >= 0.6 is 11.8 Å². The molecule has 0 aliphatic heterocycles. The minimum Gasteiger partial charge on any atom is -0.276 e. The van der Waals surface area contributed by atoms with Crippen molar-refractivity contribution < 1.29 is 8.42 Å². The minimum absolute atomic E-state index is 0.251. The standard InChI is InChI=1S/C14H20N4O2S2/c1-5-17(6-2)22(19,20)12-7-8-13-15-16-14(18(13)9-12)21-10-11(3)4/h7-9H,3,5-6,10H2,1-2,4H3. The van der Waals surface area contributed by atoms with Gasteiger partial charge in [0.2, 0.25) is 10.0 Å². The minimum atomic E-state index is -3.49. The second-order valence-electron chi connectivity index (χ2n) is 4.91. The summed E-state index contributed by atoms with van der Waals surface area (Å²) in [7, 11) is -3.49. The molecule has 0 fully saturated rings. The average molecular weight is 340 g/mol. The smallest absolute Gasteiger partial charge is 0.244 e. The van der Waals surface area contributed by atoms with Gasteiger partial charge >= 0.3 is 0 Å². The molecule has 0 aromatic carbocycles. The Hall–Kier alpha value is -1.38. The van der Waals surface area contributed by atoms with Crippen LogP contribution in [0.1, 0.15) is 20.8 Å². The molecule has 0 saturated heterocycles. The van der Waals surface area contributed by atoms with Crippen molar-refractivity contribution in [1.82, 2.24) is 18.9 Å². The van der Waals surface area contributed by atoms with E-state index in [1.807, 2.05) is 20.8 Å². The maximum absolute atomic E-state index is 12.6. The van der Waals surface area contributed by atoms with Crippen LogP contribution in [-0.2, 0) is 10.0 Å². The normalized spacial score (nSPS) is 12.2. The summed E-state index contributed by atoms with van der Waals surface area (Å²) in [5, 5.41) is 8.82. The molecule has 0 atom stereocenters. The lowest BCUT2D eigenvalue weighted by Crippen LogP contribution is -2.30. The molecule has 0 N–H and O–H groups in total. The van der Waals surface area contributed by atoms with Crippen molar-refractivity contribution in [3.8, 4) is 0 Å². The van der Waals surface area contributed by atoms with Crippen molar-refractivity contribution in [3.63, 3.8) is 0 Å². The molecule has 0 spiro atoms. The number of pyridine rings is 1. The molecule has 0 radical (unpaired) electrons. The Morgan fingerprint density at radius 1 is 1.32 bits per heavy atom. The first kappa shape index (κ1) is 17.0. The number of aromatic nitrogens is 3. The molecule has 2 aromatic rings. The fourth-order valence-corrected chi connectivity index (χ4v) is 4.22. The second kappa shape index (κ2) is 6.80. The topological polar surface area (TPSA) is 67.6 Å². The van der Waals surface area contributed by atoms with Gasteiger partial charge in [-0.25, -0.2) is 8.42 Å². The third kappa shape index (κ3) is 3.34. The van der Waals surface area contributed by atoms with E-state index in [2.05, 4.69) is 16.8 Å². The molecule has 6 nitrogen and oxygen atoms in total. The lowest BCUT2D eigenvalue weighted by Gasteiger charge is -2.18.